The highest BCUT2D eigenvalue weighted by Crippen LogP contribution is 2.26. The van der Waals surface area contributed by atoms with Crippen LogP contribution in [-0.2, 0) is 13.1 Å². The molecule has 3 nitrogen and oxygen atoms in total. The van der Waals surface area contributed by atoms with Crippen LogP contribution in [0.2, 0.25) is 4.34 Å². The summed E-state index contributed by atoms with van der Waals surface area (Å²) in [5, 5.41) is 4.35. The molecule has 2 rings (SSSR count). The van der Waals surface area contributed by atoms with Crippen molar-refractivity contribution in [1.29, 1.82) is 0 Å². The Labute approximate surface area is 120 Å². The molecule has 0 aromatic carbocycles. The molecule has 0 aliphatic heterocycles. The molecule has 2 aromatic heterocycles. The summed E-state index contributed by atoms with van der Waals surface area (Å²) in [4.78, 5) is 9.13. The van der Waals surface area contributed by atoms with E-state index in [0.717, 1.165) is 29.1 Å². The van der Waals surface area contributed by atoms with Crippen LogP contribution < -0.4 is 10.2 Å². The summed E-state index contributed by atoms with van der Waals surface area (Å²) in [6.07, 6.45) is 1.95. The maximum Gasteiger partial charge on any atom is 0.185 e. The van der Waals surface area contributed by atoms with Crippen LogP contribution in [0.15, 0.2) is 18.3 Å². The van der Waals surface area contributed by atoms with E-state index in [1.54, 1.807) is 22.7 Å². The predicted molar refractivity (Wildman–Crippen MR) is 80.9 cm³/mol. The van der Waals surface area contributed by atoms with Gasteiger partial charge in [-0.15, -0.1) is 22.7 Å². The van der Waals surface area contributed by atoms with E-state index in [4.69, 9.17) is 11.6 Å². The molecule has 0 fully saturated rings. The molecule has 0 saturated heterocycles. The number of thiazole rings is 1. The van der Waals surface area contributed by atoms with Crippen molar-refractivity contribution >= 4 is 39.4 Å². The molecule has 0 bridgehead atoms. The van der Waals surface area contributed by atoms with E-state index in [9.17, 15) is 0 Å². The van der Waals surface area contributed by atoms with Gasteiger partial charge in [0.05, 0.1) is 10.9 Å². The molecular weight excluding hydrogens is 286 g/mol. The van der Waals surface area contributed by atoms with Crippen molar-refractivity contribution in [1.82, 2.24) is 10.3 Å². The third kappa shape index (κ3) is 3.68. The topological polar surface area (TPSA) is 28.2 Å². The van der Waals surface area contributed by atoms with Gasteiger partial charge in [0.1, 0.15) is 0 Å². The minimum absolute atomic E-state index is 0.838. The van der Waals surface area contributed by atoms with Crippen molar-refractivity contribution < 1.29 is 0 Å². The Bertz CT molecular complexity index is 495. The number of halogens is 1. The molecule has 18 heavy (non-hydrogen) atoms. The van der Waals surface area contributed by atoms with Gasteiger partial charge < -0.3 is 10.2 Å². The van der Waals surface area contributed by atoms with Crippen LogP contribution in [-0.4, -0.2) is 18.6 Å². The molecule has 2 aromatic rings. The Morgan fingerprint density at radius 3 is 2.83 bits per heavy atom. The van der Waals surface area contributed by atoms with Gasteiger partial charge in [-0.3, -0.25) is 0 Å². The Morgan fingerprint density at radius 1 is 1.33 bits per heavy atom. The Balaban J connectivity index is 1.96. The highest BCUT2D eigenvalue weighted by molar-refractivity contribution is 7.16. The molecule has 0 radical (unpaired) electrons. The summed E-state index contributed by atoms with van der Waals surface area (Å²) in [6, 6.07) is 4.00. The maximum atomic E-state index is 5.93. The molecule has 0 aliphatic carbocycles. The fraction of sp³-hybridized carbons (Fsp3) is 0.417. The monoisotopic (exact) mass is 301 g/mol. The molecular formula is C12H16ClN3S2. The van der Waals surface area contributed by atoms with Gasteiger partial charge in [-0.1, -0.05) is 18.5 Å². The van der Waals surface area contributed by atoms with E-state index in [-0.39, 0.29) is 0 Å². The van der Waals surface area contributed by atoms with E-state index >= 15 is 0 Å². The molecule has 0 saturated carbocycles. The van der Waals surface area contributed by atoms with Crippen molar-refractivity contribution in [2.24, 2.45) is 0 Å². The summed E-state index contributed by atoms with van der Waals surface area (Å²) in [7, 11) is 2.06. The number of rotatable bonds is 6. The lowest BCUT2D eigenvalue weighted by atomic mass is 10.4. The van der Waals surface area contributed by atoms with Crippen molar-refractivity contribution in [3.8, 4) is 0 Å². The molecule has 6 heteroatoms. The molecule has 0 atom stereocenters. The van der Waals surface area contributed by atoms with E-state index in [1.807, 2.05) is 12.3 Å². The van der Waals surface area contributed by atoms with Gasteiger partial charge in [0.15, 0.2) is 5.13 Å². The van der Waals surface area contributed by atoms with Crippen molar-refractivity contribution in [2.75, 3.05) is 18.5 Å². The fourth-order valence-electron chi connectivity index (χ4n) is 1.54. The summed E-state index contributed by atoms with van der Waals surface area (Å²) >= 11 is 9.28. The number of anilines is 1. The van der Waals surface area contributed by atoms with Crippen LogP contribution in [0.25, 0.3) is 0 Å². The first-order valence-corrected chi connectivity index (χ1v) is 7.81. The van der Waals surface area contributed by atoms with E-state index in [1.165, 1.54) is 9.75 Å². The minimum Gasteiger partial charge on any atom is -0.346 e. The second-order valence-corrected chi connectivity index (χ2v) is 6.84. The molecule has 0 unspecified atom stereocenters. The lowest BCUT2D eigenvalue weighted by molar-refractivity contribution is 0.734. The second kappa shape index (κ2) is 6.52. The largest absolute Gasteiger partial charge is 0.346 e. The average molecular weight is 302 g/mol. The zero-order valence-electron chi connectivity index (χ0n) is 10.4. The highest BCUT2D eigenvalue weighted by atomic mass is 35.5. The van der Waals surface area contributed by atoms with Crippen molar-refractivity contribution in [3.05, 3.63) is 32.4 Å². The van der Waals surface area contributed by atoms with Crippen LogP contribution in [0.1, 0.15) is 16.7 Å². The first-order chi connectivity index (χ1) is 8.69. The van der Waals surface area contributed by atoms with Crippen molar-refractivity contribution in [3.63, 3.8) is 0 Å². The maximum absolute atomic E-state index is 5.93. The SMILES string of the molecule is CCNCc1cnc(N(C)Cc2ccc(Cl)s2)s1. The van der Waals surface area contributed by atoms with Crippen LogP contribution in [0, 0.1) is 0 Å². The van der Waals surface area contributed by atoms with Crippen LogP contribution in [0.4, 0.5) is 5.13 Å². The second-order valence-electron chi connectivity index (χ2n) is 3.95. The lowest BCUT2D eigenvalue weighted by Gasteiger charge is -2.13. The van der Waals surface area contributed by atoms with E-state index in [0.29, 0.717) is 0 Å². The van der Waals surface area contributed by atoms with Crippen molar-refractivity contribution in [2.45, 2.75) is 20.0 Å². The summed E-state index contributed by atoms with van der Waals surface area (Å²) in [5.74, 6) is 0. The third-order valence-corrected chi connectivity index (χ3v) is 4.77. The quantitative estimate of drug-likeness (QED) is 0.883. The van der Waals surface area contributed by atoms with Gasteiger partial charge in [-0.2, -0.15) is 0 Å². The normalized spacial score (nSPS) is 10.8. The number of aromatic nitrogens is 1. The molecule has 1 N–H and O–H groups in total. The summed E-state index contributed by atoms with van der Waals surface area (Å²) in [5.41, 5.74) is 0. The number of hydrogen-bond donors (Lipinski definition) is 1. The number of thiophene rings is 1. The fourth-order valence-corrected chi connectivity index (χ4v) is 3.52. The molecule has 2 heterocycles. The minimum atomic E-state index is 0.838. The number of hydrogen-bond acceptors (Lipinski definition) is 5. The smallest absolute Gasteiger partial charge is 0.185 e. The Hall–Kier alpha value is -0.620. The molecule has 98 valence electrons. The summed E-state index contributed by atoms with van der Waals surface area (Å²) in [6.45, 7) is 4.84. The van der Waals surface area contributed by atoms with Gasteiger partial charge >= 0.3 is 0 Å². The lowest BCUT2D eigenvalue weighted by Crippen LogP contribution is -2.15. The van der Waals surface area contributed by atoms with Gasteiger partial charge in [-0.05, 0) is 18.7 Å². The standard InChI is InChI=1S/C12H16ClN3S2/c1-3-14-6-10-7-15-12(18-10)16(2)8-9-4-5-11(13)17-9/h4-5,7,14H,3,6,8H2,1-2H3. The van der Waals surface area contributed by atoms with Crippen LogP contribution in [0.3, 0.4) is 0 Å². The first-order valence-electron chi connectivity index (χ1n) is 5.80. The molecule has 0 aliphatic rings. The van der Waals surface area contributed by atoms with Gasteiger partial charge in [0.2, 0.25) is 0 Å². The number of nitrogens with one attached hydrogen (secondary N) is 1. The van der Waals surface area contributed by atoms with Gasteiger partial charge in [0, 0.05) is 29.5 Å². The number of nitrogens with zero attached hydrogens (tertiary/aromatic N) is 2. The molecule has 0 spiro atoms. The first kappa shape index (κ1) is 13.8. The Kier molecular flexibility index (Phi) is 5.00. The van der Waals surface area contributed by atoms with Gasteiger partial charge in [0.25, 0.3) is 0 Å². The van der Waals surface area contributed by atoms with E-state index < -0.39 is 0 Å². The third-order valence-electron chi connectivity index (χ3n) is 2.44. The zero-order chi connectivity index (χ0) is 13.0. The summed E-state index contributed by atoms with van der Waals surface area (Å²) < 4.78 is 0.838. The zero-order valence-corrected chi connectivity index (χ0v) is 12.8. The molecule has 0 amide bonds. The van der Waals surface area contributed by atoms with Crippen LogP contribution >= 0.6 is 34.3 Å². The van der Waals surface area contributed by atoms with E-state index in [2.05, 4.69) is 35.2 Å². The average Bonchev–Trinajstić information content (AvgIpc) is 2.96. The highest BCUT2D eigenvalue weighted by Gasteiger charge is 2.08. The van der Waals surface area contributed by atoms with Crippen LogP contribution in [0.5, 0.6) is 0 Å². The Morgan fingerprint density at radius 2 is 2.17 bits per heavy atom. The predicted octanol–water partition coefficient (Wildman–Crippen LogP) is 3.60. The van der Waals surface area contributed by atoms with Gasteiger partial charge in [-0.25, -0.2) is 4.98 Å².